The molecule has 0 aliphatic carbocycles. The molecule has 1 aliphatic heterocycles. The highest BCUT2D eigenvalue weighted by atomic mass is 35.5. The number of carbonyl (C=O) groups is 2. The van der Waals surface area contributed by atoms with Gasteiger partial charge in [-0.25, -0.2) is 4.98 Å². The summed E-state index contributed by atoms with van der Waals surface area (Å²) in [7, 11) is 1.46. The monoisotopic (exact) mass is 512 g/mol. The molecule has 0 bridgehead atoms. The van der Waals surface area contributed by atoms with Crippen molar-refractivity contribution in [3.63, 3.8) is 0 Å². The van der Waals surface area contributed by atoms with E-state index in [0.29, 0.717) is 31.1 Å². The minimum atomic E-state index is -0.649. The van der Waals surface area contributed by atoms with E-state index >= 15 is 0 Å². The number of ether oxygens (including phenoxy) is 1. The Balaban J connectivity index is 1.75. The number of piperazine rings is 1. The predicted octanol–water partition coefficient (Wildman–Crippen LogP) is 3.73. The van der Waals surface area contributed by atoms with Crippen LogP contribution in [0.3, 0.4) is 0 Å². The lowest BCUT2D eigenvalue weighted by atomic mass is 9.92. The molecule has 1 fully saturated rings. The van der Waals surface area contributed by atoms with Crippen molar-refractivity contribution in [3.8, 4) is 5.88 Å². The minimum absolute atomic E-state index is 0.0343. The lowest BCUT2D eigenvalue weighted by Gasteiger charge is -2.48. The third-order valence-corrected chi connectivity index (χ3v) is 6.94. The molecule has 9 nitrogen and oxygen atoms in total. The van der Waals surface area contributed by atoms with Crippen molar-refractivity contribution in [2.24, 2.45) is 15.9 Å². The van der Waals surface area contributed by atoms with Crippen LogP contribution < -0.4 is 10.5 Å². The molecule has 1 aromatic heterocycles. The highest BCUT2D eigenvalue weighted by molar-refractivity contribution is 6.37. The minimum Gasteiger partial charge on any atom is -0.481 e. The number of halogens is 1. The van der Waals surface area contributed by atoms with Crippen molar-refractivity contribution in [1.29, 1.82) is 0 Å². The van der Waals surface area contributed by atoms with E-state index in [1.807, 2.05) is 58.0 Å². The molecule has 2 unspecified atom stereocenters. The number of nitrogens with two attached hydrogens (primary N) is 1. The molecule has 2 atom stereocenters. The lowest BCUT2D eigenvalue weighted by Crippen LogP contribution is -2.64. The largest absolute Gasteiger partial charge is 0.481 e. The fraction of sp³-hybridized carbons (Fsp3) is 0.423. The van der Waals surface area contributed by atoms with Crippen molar-refractivity contribution in [2.45, 2.75) is 45.6 Å². The number of rotatable bonds is 6. The molecule has 2 N–H and O–H groups in total. The van der Waals surface area contributed by atoms with Gasteiger partial charge in [-0.1, -0.05) is 55.8 Å². The van der Waals surface area contributed by atoms with Crippen LogP contribution >= 0.6 is 11.6 Å². The highest BCUT2D eigenvalue weighted by Crippen LogP contribution is 2.27. The number of amidine groups is 1. The number of amides is 2. The molecule has 3 rings (SSSR count). The van der Waals surface area contributed by atoms with Crippen LogP contribution in [0, 0.1) is 0 Å². The molecular formula is C26H33ClN6O3. The summed E-state index contributed by atoms with van der Waals surface area (Å²) in [6.07, 6.45) is 0.607. The summed E-state index contributed by atoms with van der Waals surface area (Å²) >= 11 is 6.12. The molecule has 10 heteroatoms. The molecule has 1 aromatic carbocycles. The Labute approximate surface area is 217 Å². The SMILES string of the molecule is CCC1(C)CN(C(=O)c2cc(Cl)cc(OC)n2)CCN1C(=O)C(N)=N/N=C(/C)C(C)c1ccccc1. The standard InChI is InChI=1S/C26H33ClN6O3/c1-6-26(4)16-32(24(34)21-14-20(27)15-22(29-21)36-5)12-13-33(26)25(35)23(28)31-30-18(3)17(2)19-10-8-7-9-11-19/h7-11,14-15,17H,6,12-13,16H2,1-5H3,(H2,28,31)/b30-18-. The summed E-state index contributed by atoms with van der Waals surface area (Å²) in [5.74, 6) is -0.570. The molecule has 2 heterocycles. The molecule has 192 valence electrons. The van der Waals surface area contributed by atoms with Gasteiger partial charge in [0, 0.05) is 42.4 Å². The number of nitrogens with zero attached hydrogens (tertiary/aromatic N) is 5. The first kappa shape index (κ1) is 27.1. The van der Waals surface area contributed by atoms with Gasteiger partial charge in [0.05, 0.1) is 12.6 Å². The molecule has 2 aromatic rings. The highest BCUT2D eigenvalue weighted by Gasteiger charge is 2.42. The topological polar surface area (TPSA) is 113 Å². The quantitative estimate of drug-likeness (QED) is 0.360. The van der Waals surface area contributed by atoms with Crippen LogP contribution in [0.1, 0.15) is 56.1 Å². The summed E-state index contributed by atoms with van der Waals surface area (Å²) in [4.78, 5) is 34.0. The van der Waals surface area contributed by atoms with Crippen LogP contribution in [0.4, 0.5) is 0 Å². The smallest absolute Gasteiger partial charge is 0.291 e. The zero-order valence-corrected chi connectivity index (χ0v) is 22.1. The molecule has 0 radical (unpaired) electrons. The van der Waals surface area contributed by atoms with E-state index in [0.717, 1.165) is 11.3 Å². The van der Waals surface area contributed by atoms with E-state index in [-0.39, 0.29) is 29.2 Å². The van der Waals surface area contributed by atoms with Gasteiger partial charge in [0.2, 0.25) is 11.7 Å². The third kappa shape index (κ3) is 6.02. The van der Waals surface area contributed by atoms with Crippen LogP contribution in [0.25, 0.3) is 0 Å². The van der Waals surface area contributed by atoms with E-state index in [4.69, 9.17) is 22.1 Å². The zero-order valence-electron chi connectivity index (χ0n) is 21.4. The molecule has 1 saturated heterocycles. The predicted molar refractivity (Wildman–Crippen MR) is 142 cm³/mol. The number of benzene rings is 1. The fourth-order valence-electron chi connectivity index (χ4n) is 4.12. The van der Waals surface area contributed by atoms with E-state index in [1.165, 1.54) is 19.2 Å². The van der Waals surface area contributed by atoms with Crippen LogP contribution in [0.15, 0.2) is 52.7 Å². The van der Waals surface area contributed by atoms with Crippen LogP contribution in [0.2, 0.25) is 5.02 Å². The Morgan fingerprint density at radius 3 is 2.56 bits per heavy atom. The first-order chi connectivity index (χ1) is 17.1. The van der Waals surface area contributed by atoms with Gasteiger partial charge in [0.15, 0.2) is 0 Å². The van der Waals surface area contributed by atoms with E-state index in [1.54, 1.807) is 9.80 Å². The maximum atomic E-state index is 13.3. The maximum absolute atomic E-state index is 13.3. The number of carbonyl (C=O) groups excluding carboxylic acids is 2. The normalized spacial score (nSPS) is 19.7. The second kappa shape index (κ2) is 11.5. The number of pyridine rings is 1. The van der Waals surface area contributed by atoms with Gasteiger partial charge < -0.3 is 20.3 Å². The van der Waals surface area contributed by atoms with Gasteiger partial charge in [0.25, 0.3) is 11.8 Å². The summed E-state index contributed by atoms with van der Waals surface area (Å²) in [6.45, 7) is 8.70. The second-order valence-corrected chi connectivity index (χ2v) is 9.54. The Bertz CT molecular complexity index is 1170. The first-order valence-corrected chi connectivity index (χ1v) is 12.2. The average Bonchev–Trinajstić information content (AvgIpc) is 2.90. The Kier molecular flexibility index (Phi) is 8.68. The van der Waals surface area contributed by atoms with Crippen molar-refractivity contribution in [2.75, 3.05) is 26.7 Å². The van der Waals surface area contributed by atoms with Gasteiger partial charge in [-0.15, -0.1) is 5.10 Å². The first-order valence-electron chi connectivity index (χ1n) is 11.8. The van der Waals surface area contributed by atoms with Gasteiger partial charge in [-0.2, -0.15) is 5.10 Å². The van der Waals surface area contributed by atoms with Crippen molar-refractivity contribution >= 4 is 35.0 Å². The van der Waals surface area contributed by atoms with Crippen molar-refractivity contribution in [1.82, 2.24) is 14.8 Å². The molecular weight excluding hydrogens is 480 g/mol. The Morgan fingerprint density at radius 1 is 1.22 bits per heavy atom. The summed E-state index contributed by atoms with van der Waals surface area (Å²) in [5.41, 5.74) is 7.47. The van der Waals surface area contributed by atoms with E-state index < -0.39 is 11.4 Å². The van der Waals surface area contributed by atoms with Gasteiger partial charge in [-0.05, 0) is 31.9 Å². The maximum Gasteiger partial charge on any atom is 0.291 e. The molecule has 2 amide bonds. The molecule has 36 heavy (non-hydrogen) atoms. The summed E-state index contributed by atoms with van der Waals surface area (Å²) in [6, 6.07) is 13.0. The number of hydrogen-bond donors (Lipinski definition) is 1. The van der Waals surface area contributed by atoms with E-state index in [2.05, 4.69) is 15.2 Å². The van der Waals surface area contributed by atoms with Crippen molar-refractivity contribution < 1.29 is 14.3 Å². The fourth-order valence-corrected chi connectivity index (χ4v) is 4.32. The summed E-state index contributed by atoms with van der Waals surface area (Å²) in [5, 5.41) is 8.64. The number of methoxy groups -OCH3 is 1. The van der Waals surface area contributed by atoms with Crippen LogP contribution in [-0.4, -0.2) is 70.4 Å². The zero-order chi connectivity index (χ0) is 26.5. The average molecular weight is 513 g/mol. The molecule has 1 aliphatic rings. The lowest BCUT2D eigenvalue weighted by molar-refractivity contribution is -0.133. The Hall–Kier alpha value is -3.46. The van der Waals surface area contributed by atoms with Crippen LogP contribution in [-0.2, 0) is 4.79 Å². The van der Waals surface area contributed by atoms with E-state index in [9.17, 15) is 9.59 Å². The number of hydrogen-bond acceptors (Lipinski definition) is 6. The van der Waals surface area contributed by atoms with Crippen LogP contribution in [0.5, 0.6) is 5.88 Å². The van der Waals surface area contributed by atoms with Gasteiger partial charge >= 0.3 is 0 Å². The van der Waals surface area contributed by atoms with Gasteiger partial charge in [-0.3, -0.25) is 9.59 Å². The second-order valence-electron chi connectivity index (χ2n) is 9.11. The number of aromatic nitrogens is 1. The van der Waals surface area contributed by atoms with Crippen molar-refractivity contribution in [3.05, 3.63) is 58.7 Å². The summed E-state index contributed by atoms with van der Waals surface area (Å²) < 4.78 is 5.13. The Morgan fingerprint density at radius 2 is 1.92 bits per heavy atom. The molecule has 0 spiro atoms. The molecule has 0 saturated carbocycles. The third-order valence-electron chi connectivity index (χ3n) is 6.73. The van der Waals surface area contributed by atoms with Gasteiger partial charge in [0.1, 0.15) is 5.69 Å².